The molecule has 0 spiro atoms. The lowest BCUT2D eigenvalue weighted by Crippen LogP contribution is -2.06. The molecule has 1 heterocycles. The summed E-state index contributed by atoms with van der Waals surface area (Å²) >= 11 is 19.2. The molecule has 1 N–H and O–H groups in total. The maximum atomic E-state index is 5.90. The lowest BCUT2D eigenvalue weighted by Gasteiger charge is -2.03. The number of hydrogen-bond acceptors (Lipinski definition) is 2. The SMILES string of the molecule is Clc1sccc1NCC1CC1(Cl)Cl. The molecule has 13 heavy (non-hydrogen) atoms. The Morgan fingerprint density at radius 1 is 1.62 bits per heavy atom. The van der Waals surface area contributed by atoms with Crippen LogP contribution in [-0.4, -0.2) is 10.9 Å². The third kappa shape index (κ3) is 2.24. The fraction of sp³-hybridized carbons (Fsp3) is 0.500. The average molecular weight is 257 g/mol. The zero-order valence-electron chi connectivity index (χ0n) is 6.69. The van der Waals surface area contributed by atoms with Crippen LogP contribution in [-0.2, 0) is 0 Å². The van der Waals surface area contributed by atoms with Crippen LogP contribution in [0.2, 0.25) is 4.34 Å². The second-order valence-electron chi connectivity index (χ2n) is 3.15. The van der Waals surface area contributed by atoms with Crippen molar-refractivity contribution in [1.29, 1.82) is 0 Å². The predicted molar refractivity (Wildman–Crippen MR) is 60.4 cm³/mol. The van der Waals surface area contributed by atoms with Gasteiger partial charge in [-0.1, -0.05) is 11.6 Å². The topological polar surface area (TPSA) is 12.0 Å². The molecule has 0 saturated heterocycles. The highest BCUT2D eigenvalue weighted by molar-refractivity contribution is 7.15. The van der Waals surface area contributed by atoms with E-state index >= 15 is 0 Å². The lowest BCUT2D eigenvalue weighted by molar-refractivity contribution is 0.876. The number of thiophene rings is 1. The Morgan fingerprint density at radius 3 is 2.77 bits per heavy atom. The Bertz CT molecular complexity index is 310. The van der Waals surface area contributed by atoms with Crippen molar-refractivity contribution in [2.75, 3.05) is 11.9 Å². The molecule has 1 unspecified atom stereocenters. The van der Waals surface area contributed by atoms with Crippen LogP contribution in [0, 0.1) is 5.92 Å². The lowest BCUT2D eigenvalue weighted by atomic mass is 10.4. The molecule has 1 fully saturated rings. The van der Waals surface area contributed by atoms with Gasteiger partial charge in [0.2, 0.25) is 0 Å². The molecule has 1 aromatic heterocycles. The van der Waals surface area contributed by atoms with Gasteiger partial charge in [0, 0.05) is 12.5 Å². The minimum absolute atomic E-state index is 0.354. The average Bonchev–Trinajstić information content (AvgIpc) is 2.47. The van der Waals surface area contributed by atoms with Gasteiger partial charge in [-0.05, 0) is 17.9 Å². The molecule has 1 aromatic rings. The molecule has 1 atom stereocenters. The summed E-state index contributed by atoms with van der Waals surface area (Å²) in [6.45, 7) is 0.795. The number of rotatable bonds is 3. The van der Waals surface area contributed by atoms with Crippen LogP contribution in [0.3, 0.4) is 0 Å². The fourth-order valence-electron chi connectivity index (χ4n) is 1.14. The maximum Gasteiger partial charge on any atom is 0.123 e. The summed E-state index contributed by atoms with van der Waals surface area (Å²) in [5.41, 5.74) is 0.975. The predicted octanol–water partition coefficient (Wildman–Crippen LogP) is 4.01. The zero-order chi connectivity index (χ0) is 9.47. The smallest absolute Gasteiger partial charge is 0.123 e. The van der Waals surface area contributed by atoms with Crippen LogP contribution < -0.4 is 5.32 Å². The van der Waals surface area contributed by atoms with Gasteiger partial charge in [0.15, 0.2) is 0 Å². The summed E-state index contributed by atoms with van der Waals surface area (Å²) in [5, 5.41) is 5.17. The Balaban J connectivity index is 1.85. The minimum Gasteiger partial charge on any atom is -0.383 e. The zero-order valence-corrected chi connectivity index (χ0v) is 9.77. The van der Waals surface area contributed by atoms with E-state index in [1.54, 1.807) is 0 Å². The van der Waals surface area contributed by atoms with Gasteiger partial charge in [-0.3, -0.25) is 0 Å². The third-order valence-corrected chi connectivity index (χ3v) is 4.21. The summed E-state index contributed by atoms with van der Waals surface area (Å²) in [7, 11) is 0. The third-order valence-electron chi connectivity index (χ3n) is 2.11. The van der Waals surface area contributed by atoms with Gasteiger partial charge in [0.05, 0.1) is 5.69 Å². The summed E-state index contributed by atoms with van der Waals surface area (Å²) in [6.07, 6.45) is 0.866. The van der Waals surface area contributed by atoms with Crippen LogP contribution in [0.1, 0.15) is 6.42 Å². The first-order valence-corrected chi connectivity index (χ1v) is 5.95. The van der Waals surface area contributed by atoms with Gasteiger partial charge in [0.25, 0.3) is 0 Å². The fourth-order valence-corrected chi connectivity index (χ4v) is 2.55. The summed E-state index contributed by atoms with van der Waals surface area (Å²) in [6, 6.07) is 1.96. The van der Waals surface area contributed by atoms with E-state index in [9.17, 15) is 0 Å². The molecule has 0 aliphatic heterocycles. The monoisotopic (exact) mass is 255 g/mol. The van der Waals surface area contributed by atoms with Crippen molar-refractivity contribution in [2.45, 2.75) is 10.8 Å². The molecule has 2 rings (SSSR count). The first kappa shape index (κ1) is 9.91. The second kappa shape index (κ2) is 3.50. The number of hydrogen-bond donors (Lipinski definition) is 1. The van der Waals surface area contributed by atoms with Gasteiger partial charge in [-0.25, -0.2) is 0 Å². The van der Waals surface area contributed by atoms with Crippen molar-refractivity contribution in [3.05, 3.63) is 15.8 Å². The molecule has 1 nitrogen and oxygen atoms in total. The normalized spacial score (nSPS) is 24.4. The van der Waals surface area contributed by atoms with Gasteiger partial charge in [-0.2, -0.15) is 0 Å². The molecule has 5 heteroatoms. The molecule has 0 radical (unpaired) electrons. The van der Waals surface area contributed by atoms with E-state index in [4.69, 9.17) is 34.8 Å². The van der Waals surface area contributed by atoms with Crippen molar-refractivity contribution < 1.29 is 0 Å². The molecule has 1 aliphatic carbocycles. The van der Waals surface area contributed by atoms with Crippen LogP contribution in [0.15, 0.2) is 11.4 Å². The van der Waals surface area contributed by atoms with Crippen LogP contribution >= 0.6 is 46.1 Å². The molecule has 0 aromatic carbocycles. The summed E-state index contributed by atoms with van der Waals surface area (Å²) < 4.78 is 0.283. The standard InChI is InChI=1S/C8H8Cl3NS/c9-7-6(1-2-13-7)12-4-5-3-8(5,10)11/h1-2,5,12H,3-4H2. The number of nitrogens with one attached hydrogen (secondary N) is 1. The van der Waals surface area contributed by atoms with Crippen LogP contribution in [0.25, 0.3) is 0 Å². The molecular formula is C8H8Cl3NS. The second-order valence-corrected chi connectivity index (χ2v) is 6.21. The van der Waals surface area contributed by atoms with E-state index in [1.807, 2.05) is 11.4 Å². The van der Waals surface area contributed by atoms with E-state index < -0.39 is 4.33 Å². The highest BCUT2D eigenvalue weighted by Crippen LogP contribution is 2.53. The molecule has 1 saturated carbocycles. The number of halogens is 3. The first-order chi connectivity index (χ1) is 6.09. The Kier molecular flexibility index (Phi) is 2.67. The minimum atomic E-state index is -0.504. The molecule has 72 valence electrons. The Morgan fingerprint density at radius 2 is 2.31 bits per heavy atom. The maximum absolute atomic E-state index is 5.90. The van der Waals surface area contributed by atoms with Crippen LogP contribution in [0.5, 0.6) is 0 Å². The number of anilines is 1. The summed E-state index contributed by atoms with van der Waals surface area (Å²) in [5.74, 6) is 0.354. The Hall–Kier alpha value is 0.370. The van der Waals surface area contributed by atoms with Crippen molar-refractivity contribution in [1.82, 2.24) is 0 Å². The molecule has 0 amide bonds. The number of alkyl halides is 2. The van der Waals surface area contributed by atoms with E-state index in [0.29, 0.717) is 5.92 Å². The van der Waals surface area contributed by atoms with Crippen molar-refractivity contribution in [3.63, 3.8) is 0 Å². The van der Waals surface area contributed by atoms with Crippen molar-refractivity contribution >= 4 is 51.8 Å². The summed E-state index contributed by atoms with van der Waals surface area (Å²) in [4.78, 5) is 0. The molecule has 1 aliphatic rings. The van der Waals surface area contributed by atoms with Crippen molar-refractivity contribution in [2.24, 2.45) is 5.92 Å². The van der Waals surface area contributed by atoms with E-state index in [2.05, 4.69) is 5.32 Å². The van der Waals surface area contributed by atoms with Crippen molar-refractivity contribution in [3.8, 4) is 0 Å². The molecule has 0 bridgehead atoms. The van der Waals surface area contributed by atoms with Gasteiger partial charge in [0.1, 0.15) is 8.67 Å². The highest BCUT2D eigenvalue weighted by atomic mass is 35.5. The highest BCUT2D eigenvalue weighted by Gasteiger charge is 2.51. The molecular weight excluding hydrogens is 249 g/mol. The largest absolute Gasteiger partial charge is 0.383 e. The van der Waals surface area contributed by atoms with E-state index in [-0.39, 0.29) is 0 Å². The first-order valence-electron chi connectivity index (χ1n) is 3.94. The quantitative estimate of drug-likeness (QED) is 0.806. The van der Waals surface area contributed by atoms with Gasteiger partial charge in [-0.15, -0.1) is 34.5 Å². The van der Waals surface area contributed by atoms with Gasteiger partial charge >= 0.3 is 0 Å². The Labute approximate surface area is 96.0 Å². The van der Waals surface area contributed by atoms with E-state index in [0.717, 1.165) is 23.0 Å². The van der Waals surface area contributed by atoms with Crippen LogP contribution in [0.4, 0.5) is 5.69 Å². The van der Waals surface area contributed by atoms with E-state index in [1.165, 1.54) is 11.3 Å². The van der Waals surface area contributed by atoms with Gasteiger partial charge < -0.3 is 5.32 Å².